The molecular formula is C15H19NO2S. The second-order valence-electron chi connectivity index (χ2n) is 3.96. The molecule has 2 N–H and O–H groups in total. The normalized spacial score (nSPS) is 9.58. The molecule has 1 aromatic rings. The van der Waals surface area contributed by atoms with Gasteiger partial charge in [0.05, 0.1) is 6.61 Å². The molecule has 0 aliphatic carbocycles. The van der Waals surface area contributed by atoms with E-state index in [1.807, 2.05) is 12.1 Å². The Morgan fingerprint density at radius 1 is 1.47 bits per heavy atom. The molecule has 4 heteroatoms. The van der Waals surface area contributed by atoms with Crippen LogP contribution >= 0.6 is 11.8 Å². The molecule has 102 valence electrons. The molecule has 19 heavy (non-hydrogen) atoms. The molecule has 0 unspecified atom stereocenters. The molecule has 0 aromatic heterocycles. The Bertz CT molecular complexity index is 463. The molecule has 3 nitrogen and oxygen atoms in total. The summed E-state index contributed by atoms with van der Waals surface area (Å²) < 4.78 is 0. The van der Waals surface area contributed by atoms with Gasteiger partial charge in [-0.05, 0) is 36.6 Å². The summed E-state index contributed by atoms with van der Waals surface area (Å²) in [6.45, 7) is 0.753. The lowest BCUT2D eigenvalue weighted by atomic mass is 10.1. The Balaban J connectivity index is 2.56. The van der Waals surface area contributed by atoms with E-state index in [0.29, 0.717) is 18.5 Å². The highest BCUT2D eigenvalue weighted by Crippen LogP contribution is 2.04. The molecule has 0 bridgehead atoms. The standard InChI is InChI=1S/C15H19NO2S/c1-19-11-5-9-16-15(18)14-8-4-7-13(12-14)6-2-3-10-17/h4,7-8,12,17H,3,5,9-11H2,1H3,(H,16,18). The predicted octanol–water partition coefficient (Wildman–Crippen LogP) is 1.90. The molecule has 1 aromatic carbocycles. The van der Waals surface area contributed by atoms with Crippen molar-refractivity contribution in [3.63, 3.8) is 0 Å². The third-order valence-corrected chi connectivity index (χ3v) is 3.10. The summed E-state index contributed by atoms with van der Waals surface area (Å²) in [7, 11) is 0. The number of rotatable bonds is 6. The van der Waals surface area contributed by atoms with Gasteiger partial charge in [0.1, 0.15) is 0 Å². The number of aliphatic hydroxyl groups excluding tert-OH is 1. The van der Waals surface area contributed by atoms with Crippen molar-refractivity contribution in [1.82, 2.24) is 5.32 Å². The minimum Gasteiger partial charge on any atom is -0.395 e. The first-order valence-corrected chi connectivity index (χ1v) is 7.64. The lowest BCUT2D eigenvalue weighted by Gasteiger charge is -2.04. The van der Waals surface area contributed by atoms with Gasteiger partial charge in [0, 0.05) is 24.1 Å². The molecule has 0 spiro atoms. The quantitative estimate of drug-likeness (QED) is 0.617. The highest BCUT2D eigenvalue weighted by molar-refractivity contribution is 7.98. The third kappa shape index (κ3) is 6.32. The number of aliphatic hydroxyl groups is 1. The van der Waals surface area contributed by atoms with Gasteiger partial charge in [-0.2, -0.15) is 11.8 Å². The fraction of sp³-hybridized carbons (Fsp3) is 0.400. The molecule has 0 saturated carbocycles. The van der Waals surface area contributed by atoms with Gasteiger partial charge in [-0.15, -0.1) is 0 Å². The smallest absolute Gasteiger partial charge is 0.251 e. The van der Waals surface area contributed by atoms with Gasteiger partial charge in [-0.3, -0.25) is 4.79 Å². The number of thioether (sulfide) groups is 1. The van der Waals surface area contributed by atoms with E-state index in [1.54, 1.807) is 23.9 Å². The lowest BCUT2D eigenvalue weighted by Crippen LogP contribution is -2.24. The summed E-state index contributed by atoms with van der Waals surface area (Å²) in [5.74, 6) is 6.75. The number of hydrogen-bond acceptors (Lipinski definition) is 3. The average molecular weight is 277 g/mol. The van der Waals surface area contributed by atoms with Gasteiger partial charge < -0.3 is 10.4 Å². The van der Waals surface area contributed by atoms with E-state index in [9.17, 15) is 4.79 Å². The number of benzene rings is 1. The summed E-state index contributed by atoms with van der Waals surface area (Å²) in [6.07, 6.45) is 3.48. The Kier molecular flexibility index (Phi) is 7.80. The largest absolute Gasteiger partial charge is 0.395 e. The van der Waals surface area contributed by atoms with Crippen molar-refractivity contribution < 1.29 is 9.90 Å². The van der Waals surface area contributed by atoms with E-state index in [4.69, 9.17) is 5.11 Å². The van der Waals surface area contributed by atoms with Crippen LogP contribution in [0.3, 0.4) is 0 Å². The highest BCUT2D eigenvalue weighted by Gasteiger charge is 2.04. The van der Waals surface area contributed by atoms with Crippen molar-refractivity contribution in [2.24, 2.45) is 0 Å². The van der Waals surface area contributed by atoms with Gasteiger partial charge in [0.2, 0.25) is 0 Å². The Hall–Kier alpha value is -1.44. The van der Waals surface area contributed by atoms with Crippen LogP contribution in [0, 0.1) is 11.8 Å². The number of amides is 1. The zero-order valence-electron chi connectivity index (χ0n) is 11.1. The van der Waals surface area contributed by atoms with Gasteiger partial charge >= 0.3 is 0 Å². The van der Waals surface area contributed by atoms with E-state index in [-0.39, 0.29) is 12.5 Å². The molecule has 0 aliphatic heterocycles. The molecule has 0 aliphatic rings. The summed E-state index contributed by atoms with van der Waals surface area (Å²) in [5, 5.41) is 11.5. The first-order valence-electron chi connectivity index (χ1n) is 6.25. The highest BCUT2D eigenvalue weighted by atomic mass is 32.2. The van der Waals surface area contributed by atoms with Crippen LogP contribution in [0.25, 0.3) is 0 Å². The Labute approximate surface area is 118 Å². The predicted molar refractivity (Wildman–Crippen MR) is 80.4 cm³/mol. The van der Waals surface area contributed by atoms with E-state index in [2.05, 4.69) is 23.4 Å². The van der Waals surface area contributed by atoms with Crippen molar-refractivity contribution in [2.75, 3.05) is 25.2 Å². The maximum absolute atomic E-state index is 11.9. The van der Waals surface area contributed by atoms with Crippen molar-refractivity contribution >= 4 is 17.7 Å². The zero-order valence-corrected chi connectivity index (χ0v) is 11.9. The van der Waals surface area contributed by atoms with Crippen LogP contribution in [0.4, 0.5) is 0 Å². The summed E-state index contributed by atoms with van der Waals surface area (Å²) in [6, 6.07) is 7.23. The van der Waals surface area contributed by atoms with Gasteiger partial charge in [0.25, 0.3) is 5.91 Å². The van der Waals surface area contributed by atoms with E-state index in [0.717, 1.165) is 17.7 Å². The van der Waals surface area contributed by atoms with E-state index in [1.165, 1.54) is 0 Å². The third-order valence-electron chi connectivity index (χ3n) is 2.41. The SMILES string of the molecule is CSCCCNC(=O)c1cccc(C#CCCO)c1. The molecular weight excluding hydrogens is 258 g/mol. The van der Waals surface area contributed by atoms with Crippen LogP contribution in [-0.2, 0) is 0 Å². The summed E-state index contributed by atoms with van der Waals surface area (Å²) in [5.41, 5.74) is 1.42. The van der Waals surface area contributed by atoms with Crippen LogP contribution in [0.15, 0.2) is 24.3 Å². The fourth-order valence-corrected chi connectivity index (χ4v) is 1.91. The molecule has 0 fully saturated rings. The van der Waals surface area contributed by atoms with Crippen LogP contribution in [0.1, 0.15) is 28.8 Å². The topological polar surface area (TPSA) is 49.3 Å². The first kappa shape index (κ1) is 15.6. The van der Waals surface area contributed by atoms with Crippen LogP contribution in [0.2, 0.25) is 0 Å². The fourth-order valence-electron chi connectivity index (χ4n) is 1.48. The number of hydrogen-bond donors (Lipinski definition) is 2. The van der Waals surface area contributed by atoms with Crippen LogP contribution in [-0.4, -0.2) is 36.2 Å². The van der Waals surface area contributed by atoms with E-state index < -0.39 is 0 Å². The molecule has 0 radical (unpaired) electrons. The first-order chi connectivity index (χ1) is 9.27. The monoisotopic (exact) mass is 277 g/mol. The maximum Gasteiger partial charge on any atom is 0.251 e. The molecule has 0 heterocycles. The second-order valence-corrected chi connectivity index (χ2v) is 4.94. The van der Waals surface area contributed by atoms with Crippen molar-refractivity contribution in [1.29, 1.82) is 0 Å². The van der Waals surface area contributed by atoms with Gasteiger partial charge in [0.15, 0.2) is 0 Å². The second kappa shape index (κ2) is 9.48. The van der Waals surface area contributed by atoms with Crippen molar-refractivity contribution in [3.05, 3.63) is 35.4 Å². The molecule has 0 saturated heterocycles. The molecule has 0 atom stereocenters. The minimum absolute atomic E-state index is 0.0582. The van der Waals surface area contributed by atoms with Crippen molar-refractivity contribution in [2.45, 2.75) is 12.8 Å². The summed E-state index contributed by atoms with van der Waals surface area (Å²) >= 11 is 1.77. The average Bonchev–Trinajstić information content (AvgIpc) is 2.44. The Morgan fingerprint density at radius 3 is 3.05 bits per heavy atom. The number of nitrogens with one attached hydrogen (secondary N) is 1. The zero-order chi connectivity index (χ0) is 13.9. The molecule has 1 rings (SSSR count). The van der Waals surface area contributed by atoms with Crippen LogP contribution < -0.4 is 5.32 Å². The van der Waals surface area contributed by atoms with E-state index >= 15 is 0 Å². The summed E-state index contributed by atoms with van der Waals surface area (Å²) in [4.78, 5) is 11.9. The number of carbonyl (C=O) groups excluding carboxylic acids is 1. The van der Waals surface area contributed by atoms with Crippen LogP contribution in [0.5, 0.6) is 0 Å². The number of carbonyl (C=O) groups is 1. The van der Waals surface area contributed by atoms with Gasteiger partial charge in [-0.25, -0.2) is 0 Å². The maximum atomic E-state index is 11.9. The Morgan fingerprint density at radius 2 is 2.32 bits per heavy atom. The van der Waals surface area contributed by atoms with Gasteiger partial charge in [-0.1, -0.05) is 17.9 Å². The minimum atomic E-state index is -0.0630. The molecule has 1 amide bonds. The lowest BCUT2D eigenvalue weighted by molar-refractivity contribution is 0.0954. The van der Waals surface area contributed by atoms with Crippen molar-refractivity contribution in [3.8, 4) is 11.8 Å².